The first-order valence-corrected chi connectivity index (χ1v) is 8.48. The van der Waals surface area contributed by atoms with Gasteiger partial charge in [-0.3, -0.25) is 5.10 Å². The highest BCUT2D eigenvalue weighted by Gasteiger charge is 2.25. The highest BCUT2D eigenvalue weighted by Crippen LogP contribution is 2.16. The maximum atomic E-state index is 12.2. The van der Waals surface area contributed by atoms with Gasteiger partial charge in [0.25, 0.3) is 0 Å². The third-order valence-corrected chi connectivity index (χ3v) is 4.23. The van der Waals surface area contributed by atoms with Crippen molar-refractivity contribution in [3.05, 3.63) is 17.0 Å². The molecule has 0 aliphatic carbocycles. The van der Waals surface area contributed by atoms with Crippen molar-refractivity contribution in [1.82, 2.24) is 20.4 Å². The number of rotatable bonds is 3. The lowest BCUT2D eigenvalue weighted by Crippen LogP contribution is -2.38. The van der Waals surface area contributed by atoms with Crippen molar-refractivity contribution >= 4 is 6.09 Å². The summed E-state index contributed by atoms with van der Waals surface area (Å²) in [6.45, 7) is 12.1. The van der Waals surface area contributed by atoms with E-state index < -0.39 is 5.60 Å². The number of likely N-dealkylation sites (tertiary alicyclic amines) is 1. The van der Waals surface area contributed by atoms with Crippen LogP contribution in [0.25, 0.3) is 0 Å². The van der Waals surface area contributed by atoms with Crippen LogP contribution in [-0.2, 0) is 11.3 Å². The highest BCUT2D eigenvalue weighted by molar-refractivity contribution is 5.68. The van der Waals surface area contributed by atoms with E-state index in [4.69, 9.17) is 4.74 Å². The molecule has 1 atom stereocenters. The minimum atomic E-state index is -0.433. The lowest BCUT2D eigenvalue weighted by atomic mass is 10.1. The second kappa shape index (κ2) is 7.34. The molecule has 0 saturated carbocycles. The van der Waals surface area contributed by atoms with Crippen molar-refractivity contribution in [3.8, 4) is 0 Å². The van der Waals surface area contributed by atoms with Crippen molar-refractivity contribution in [2.24, 2.45) is 0 Å². The molecule has 2 heterocycles. The third-order valence-electron chi connectivity index (χ3n) is 4.23. The number of amides is 1. The number of aromatic nitrogens is 2. The van der Waals surface area contributed by atoms with E-state index >= 15 is 0 Å². The van der Waals surface area contributed by atoms with Crippen LogP contribution in [0, 0.1) is 13.8 Å². The van der Waals surface area contributed by atoms with E-state index in [0.29, 0.717) is 6.04 Å². The predicted octanol–water partition coefficient (Wildman–Crippen LogP) is 2.91. The molecule has 2 rings (SSSR count). The lowest BCUT2D eigenvalue weighted by molar-refractivity contribution is 0.0256. The number of aryl methyl sites for hydroxylation is 2. The van der Waals surface area contributed by atoms with E-state index in [1.807, 2.05) is 39.5 Å². The zero-order valence-corrected chi connectivity index (χ0v) is 15.0. The lowest BCUT2D eigenvalue weighted by Gasteiger charge is -2.26. The van der Waals surface area contributed by atoms with E-state index in [0.717, 1.165) is 50.3 Å². The molecule has 23 heavy (non-hydrogen) atoms. The van der Waals surface area contributed by atoms with Gasteiger partial charge >= 0.3 is 6.09 Å². The number of nitrogens with zero attached hydrogens (tertiary/aromatic N) is 2. The van der Waals surface area contributed by atoms with Gasteiger partial charge in [0.15, 0.2) is 0 Å². The molecule has 6 heteroatoms. The number of hydrogen-bond acceptors (Lipinski definition) is 4. The summed E-state index contributed by atoms with van der Waals surface area (Å²) < 4.78 is 5.47. The first-order chi connectivity index (χ1) is 10.8. The van der Waals surface area contributed by atoms with Crippen LogP contribution in [0.15, 0.2) is 0 Å². The molecule has 6 nitrogen and oxygen atoms in total. The Kier molecular flexibility index (Phi) is 5.68. The summed E-state index contributed by atoms with van der Waals surface area (Å²) in [5, 5.41) is 10.9. The van der Waals surface area contributed by atoms with Gasteiger partial charge in [0.05, 0.1) is 5.69 Å². The molecule has 2 N–H and O–H groups in total. The highest BCUT2D eigenvalue weighted by atomic mass is 16.6. The number of carbonyl (C=O) groups is 1. The van der Waals surface area contributed by atoms with Crippen LogP contribution in [0.3, 0.4) is 0 Å². The Morgan fingerprint density at radius 1 is 1.35 bits per heavy atom. The summed E-state index contributed by atoms with van der Waals surface area (Å²) in [5.74, 6) is 0. The van der Waals surface area contributed by atoms with Gasteiger partial charge in [-0.2, -0.15) is 5.10 Å². The van der Waals surface area contributed by atoms with E-state index in [9.17, 15) is 4.79 Å². The largest absolute Gasteiger partial charge is 0.444 e. The topological polar surface area (TPSA) is 70.2 Å². The van der Waals surface area contributed by atoms with Crippen LogP contribution >= 0.6 is 0 Å². The Hall–Kier alpha value is -1.56. The molecule has 0 bridgehead atoms. The molecule has 130 valence electrons. The molecule has 0 aromatic carbocycles. The summed E-state index contributed by atoms with van der Waals surface area (Å²) in [6, 6.07) is 0.427. The fraction of sp³-hybridized carbons (Fsp3) is 0.765. The normalized spacial score (nSPS) is 19.5. The van der Waals surface area contributed by atoms with Gasteiger partial charge in [-0.15, -0.1) is 0 Å². The van der Waals surface area contributed by atoms with Gasteiger partial charge in [0.2, 0.25) is 0 Å². The zero-order chi connectivity index (χ0) is 17.0. The maximum absolute atomic E-state index is 12.2. The van der Waals surface area contributed by atoms with Crippen molar-refractivity contribution < 1.29 is 9.53 Å². The zero-order valence-electron chi connectivity index (χ0n) is 15.0. The van der Waals surface area contributed by atoms with Crippen LogP contribution in [0.5, 0.6) is 0 Å². The number of aromatic amines is 1. The molecular formula is C17H30N4O2. The smallest absolute Gasteiger partial charge is 0.410 e. The number of ether oxygens (including phenoxy) is 1. The molecule has 0 spiro atoms. The van der Waals surface area contributed by atoms with Gasteiger partial charge in [-0.1, -0.05) is 0 Å². The van der Waals surface area contributed by atoms with E-state index in [-0.39, 0.29) is 6.09 Å². The Morgan fingerprint density at radius 2 is 2.09 bits per heavy atom. The van der Waals surface area contributed by atoms with Crippen LogP contribution in [0.4, 0.5) is 4.79 Å². The molecule has 0 radical (unpaired) electrons. The number of hydrogen-bond donors (Lipinski definition) is 2. The van der Waals surface area contributed by atoms with Gasteiger partial charge in [-0.05, 0) is 53.9 Å². The molecule has 1 saturated heterocycles. The molecule has 1 unspecified atom stereocenters. The molecule has 1 aromatic heterocycles. The fourth-order valence-corrected chi connectivity index (χ4v) is 2.89. The number of carbonyl (C=O) groups excluding carboxylic acids is 1. The number of nitrogens with one attached hydrogen (secondary N) is 2. The summed E-state index contributed by atoms with van der Waals surface area (Å²) in [4.78, 5) is 14.0. The van der Waals surface area contributed by atoms with Crippen LogP contribution in [0.2, 0.25) is 0 Å². The quantitative estimate of drug-likeness (QED) is 0.897. The maximum Gasteiger partial charge on any atom is 0.410 e. The molecule has 1 aliphatic rings. The fourth-order valence-electron chi connectivity index (χ4n) is 2.89. The summed E-state index contributed by atoms with van der Waals surface area (Å²) in [5.41, 5.74) is 2.99. The van der Waals surface area contributed by atoms with Crippen LogP contribution in [-0.4, -0.2) is 45.9 Å². The van der Waals surface area contributed by atoms with E-state index in [1.54, 1.807) is 0 Å². The van der Waals surface area contributed by atoms with Gasteiger partial charge < -0.3 is 15.0 Å². The predicted molar refractivity (Wildman–Crippen MR) is 90.3 cm³/mol. The summed E-state index contributed by atoms with van der Waals surface area (Å²) >= 11 is 0. The van der Waals surface area contributed by atoms with E-state index in [1.165, 1.54) is 5.56 Å². The van der Waals surface area contributed by atoms with Crippen molar-refractivity contribution in [1.29, 1.82) is 0 Å². The summed E-state index contributed by atoms with van der Waals surface area (Å²) in [7, 11) is 0. The number of H-pyrrole nitrogens is 1. The average Bonchev–Trinajstić information content (AvgIpc) is 2.65. The second-order valence-electron chi connectivity index (χ2n) is 7.39. The first-order valence-electron chi connectivity index (χ1n) is 8.48. The Labute approximate surface area is 139 Å². The van der Waals surface area contributed by atoms with Gasteiger partial charge in [0.1, 0.15) is 5.60 Å². The second-order valence-corrected chi connectivity index (χ2v) is 7.39. The Balaban J connectivity index is 1.83. The molecule has 1 amide bonds. The minimum absolute atomic E-state index is 0.195. The molecule has 1 aliphatic heterocycles. The standard InChI is InChI=1S/C17H30N4O2/c1-12-15(13(2)20-19-12)11-18-14-7-6-9-21(10-8-14)16(22)23-17(3,4)5/h14,18H,6-11H2,1-5H3,(H,19,20). The van der Waals surface area contributed by atoms with Gasteiger partial charge in [-0.25, -0.2) is 4.79 Å². The molecular weight excluding hydrogens is 292 g/mol. The van der Waals surface area contributed by atoms with Crippen molar-refractivity contribution in [2.75, 3.05) is 13.1 Å². The molecule has 1 fully saturated rings. The Morgan fingerprint density at radius 3 is 2.70 bits per heavy atom. The average molecular weight is 322 g/mol. The van der Waals surface area contributed by atoms with E-state index in [2.05, 4.69) is 15.5 Å². The monoisotopic (exact) mass is 322 g/mol. The molecule has 1 aromatic rings. The van der Waals surface area contributed by atoms with Crippen molar-refractivity contribution in [3.63, 3.8) is 0 Å². The van der Waals surface area contributed by atoms with Gasteiger partial charge in [0, 0.05) is 36.9 Å². The minimum Gasteiger partial charge on any atom is -0.444 e. The van der Waals surface area contributed by atoms with Crippen LogP contribution in [0.1, 0.15) is 57.0 Å². The first kappa shape index (κ1) is 17.8. The SMILES string of the molecule is Cc1n[nH]c(C)c1CNC1CCCN(C(=O)OC(C)(C)C)CC1. The third kappa shape index (κ3) is 5.23. The van der Waals surface area contributed by atoms with Crippen LogP contribution < -0.4 is 5.32 Å². The summed E-state index contributed by atoms with van der Waals surface area (Å²) in [6.07, 6.45) is 2.84. The Bertz CT molecular complexity index is 514. The van der Waals surface area contributed by atoms with Crippen molar-refractivity contribution in [2.45, 2.75) is 72.1 Å².